The van der Waals surface area contributed by atoms with E-state index in [2.05, 4.69) is 10.1 Å². The van der Waals surface area contributed by atoms with E-state index in [1.807, 2.05) is 0 Å². The molecule has 0 saturated carbocycles. The van der Waals surface area contributed by atoms with Gasteiger partial charge in [-0.05, 0) is 30.3 Å². The maximum absolute atomic E-state index is 13.1. The van der Waals surface area contributed by atoms with Crippen LogP contribution in [0.2, 0.25) is 5.02 Å². The van der Waals surface area contributed by atoms with Crippen LogP contribution < -0.4 is 0 Å². The Kier molecular flexibility index (Phi) is 4.52. The van der Waals surface area contributed by atoms with Crippen molar-refractivity contribution in [1.82, 2.24) is 10.1 Å². The Morgan fingerprint density at radius 3 is 2.75 bits per heavy atom. The number of halogens is 3. The molecule has 0 bridgehead atoms. The standard InChI is InChI=1S/C16H9ClF2N2O3/c17-11-3-1-2-9(6-11)15-20-14(24-21-15)8-23-16(22)10-4-5-12(18)13(19)7-10/h1-7H,8H2. The minimum atomic E-state index is -1.13. The first-order chi connectivity index (χ1) is 11.5. The summed E-state index contributed by atoms with van der Waals surface area (Å²) >= 11 is 5.88. The van der Waals surface area contributed by atoms with Crippen molar-refractivity contribution >= 4 is 17.6 Å². The van der Waals surface area contributed by atoms with E-state index in [1.165, 1.54) is 0 Å². The van der Waals surface area contributed by atoms with Gasteiger partial charge in [-0.15, -0.1) is 0 Å². The van der Waals surface area contributed by atoms with E-state index in [0.29, 0.717) is 10.6 Å². The number of hydrogen-bond donors (Lipinski definition) is 0. The van der Waals surface area contributed by atoms with Gasteiger partial charge in [-0.2, -0.15) is 4.98 Å². The maximum Gasteiger partial charge on any atom is 0.338 e. The van der Waals surface area contributed by atoms with E-state index in [0.717, 1.165) is 18.2 Å². The lowest BCUT2D eigenvalue weighted by Gasteiger charge is -2.02. The van der Waals surface area contributed by atoms with Crippen LogP contribution in [-0.2, 0) is 11.3 Å². The zero-order valence-electron chi connectivity index (χ0n) is 12.0. The highest BCUT2D eigenvalue weighted by atomic mass is 35.5. The van der Waals surface area contributed by atoms with Gasteiger partial charge in [0.1, 0.15) is 0 Å². The Balaban J connectivity index is 1.67. The smallest absolute Gasteiger partial charge is 0.338 e. The molecule has 2 aromatic carbocycles. The zero-order chi connectivity index (χ0) is 17.1. The number of ether oxygens (including phenoxy) is 1. The van der Waals surface area contributed by atoms with E-state index in [1.54, 1.807) is 24.3 Å². The van der Waals surface area contributed by atoms with Crippen molar-refractivity contribution in [3.05, 3.63) is 70.6 Å². The summed E-state index contributed by atoms with van der Waals surface area (Å²) in [4.78, 5) is 15.9. The quantitative estimate of drug-likeness (QED) is 0.665. The molecular formula is C16H9ClF2N2O3. The second-order valence-electron chi connectivity index (χ2n) is 4.73. The van der Waals surface area contributed by atoms with E-state index < -0.39 is 17.6 Å². The van der Waals surface area contributed by atoms with Crippen molar-refractivity contribution in [3.63, 3.8) is 0 Å². The van der Waals surface area contributed by atoms with Gasteiger partial charge in [0.15, 0.2) is 18.2 Å². The fraction of sp³-hybridized carbons (Fsp3) is 0.0625. The lowest BCUT2D eigenvalue weighted by Crippen LogP contribution is -2.06. The molecule has 8 heteroatoms. The van der Waals surface area contributed by atoms with Crippen LogP contribution in [0.25, 0.3) is 11.4 Å². The summed E-state index contributed by atoms with van der Waals surface area (Å²) in [7, 11) is 0. The number of benzene rings is 2. The summed E-state index contributed by atoms with van der Waals surface area (Å²) in [5.74, 6) is -2.67. The number of nitrogens with zero attached hydrogens (tertiary/aromatic N) is 2. The van der Waals surface area contributed by atoms with Crippen LogP contribution in [-0.4, -0.2) is 16.1 Å². The molecule has 1 aromatic heterocycles. The molecule has 122 valence electrons. The van der Waals surface area contributed by atoms with Crippen molar-refractivity contribution in [3.8, 4) is 11.4 Å². The Hall–Kier alpha value is -2.80. The summed E-state index contributed by atoms with van der Waals surface area (Å²) in [6.07, 6.45) is 0. The molecule has 0 saturated heterocycles. The first-order valence-electron chi connectivity index (χ1n) is 6.73. The highest BCUT2D eigenvalue weighted by Gasteiger charge is 2.14. The van der Waals surface area contributed by atoms with Gasteiger partial charge in [0.25, 0.3) is 5.89 Å². The average Bonchev–Trinajstić information content (AvgIpc) is 3.04. The molecule has 0 atom stereocenters. The second-order valence-corrected chi connectivity index (χ2v) is 5.16. The maximum atomic E-state index is 13.1. The van der Waals surface area contributed by atoms with E-state index in [9.17, 15) is 13.6 Å². The zero-order valence-corrected chi connectivity index (χ0v) is 12.8. The van der Waals surface area contributed by atoms with Gasteiger partial charge in [-0.3, -0.25) is 0 Å². The highest BCUT2D eigenvalue weighted by molar-refractivity contribution is 6.30. The molecule has 0 spiro atoms. The molecule has 0 aliphatic rings. The molecule has 3 rings (SSSR count). The van der Waals surface area contributed by atoms with Crippen LogP contribution in [0.3, 0.4) is 0 Å². The Labute approximate surface area is 139 Å². The Morgan fingerprint density at radius 2 is 2.00 bits per heavy atom. The molecule has 0 radical (unpaired) electrons. The van der Waals surface area contributed by atoms with Crippen molar-refractivity contribution in [2.75, 3.05) is 0 Å². The van der Waals surface area contributed by atoms with Gasteiger partial charge >= 0.3 is 5.97 Å². The lowest BCUT2D eigenvalue weighted by molar-refractivity contribution is 0.0429. The van der Waals surface area contributed by atoms with E-state index in [4.69, 9.17) is 20.9 Å². The molecular weight excluding hydrogens is 342 g/mol. The van der Waals surface area contributed by atoms with E-state index >= 15 is 0 Å². The molecule has 0 aliphatic carbocycles. The number of hydrogen-bond acceptors (Lipinski definition) is 5. The third kappa shape index (κ3) is 3.57. The predicted octanol–water partition coefficient (Wildman–Crippen LogP) is 4.03. The van der Waals surface area contributed by atoms with Crippen molar-refractivity contribution in [2.45, 2.75) is 6.61 Å². The topological polar surface area (TPSA) is 65.2 Å². The number of carbonyl (C=O) groups is 1. The monoisotopic (exact) mass is 350 g/mol. The van der Waals surface area contributed by atoms with Crippen molar-refractivity contribution in [1.29, 1.82) is 0 Å². The summed E-state index contributed by atoms with van der Waals surface area (Å²) in [5, 5.41) is 4.28. The third-order valence-electron chi connectivity index (χ3n) is 3.03. The van der Waals surface area contributed by atoms with Gasteiger partial charge in [0.2, 0.25) is 5.82 Å². The van der Waals surface area contributed by atoms with Crippen LogP contribution >= 0.6 is 11.6 Å². The molecule has 0 amide bonds. The molecule has 0 fully saturated rings. The SMILES string of the molecule is O=C(OCc1nc(-c2cccc(Cl)c2)no1)c1ccc(F)c(F)c1. The normalized spacial score (nSPS) is 10.6. The lowest BCUT2D eigenvalue weighted by atomic mass is 10.2. The first kappa shape index (κ1) is 16.1. The molecule has 24 heavy (non-hydrogen) atoms. The molecule has 5 nitrogen and oxygen atoms in total. The minimum absolute atomic E-state index is 0.0564. The van der Waals surface area contributed by atoms with Gasteiger partial charge in [-0.25, -0.2) is 13.6 Å². The van der Waals surface area contributed by atoms with E-state index in [-0.39, 0.29) is 23.9 Å². The summed E-state index contributed by atoms with van der Waals surface area (Å²) in [6.45, 7) is -0.300. The minimum Gasteiger partial charge on any atom is -0.452 e. The van der Waals surface area contributed by atoms with Crippen molar-refractivity contribution < 1.29 is 22.8 Å². The highest BCUT2D eigenvalue weighted by Crippen LogP contribution is 2.20. The summed E-state index contributed by atoms with van der Waals surface area (Å²) < 4.78 is 35.8. The molecule has 3 aromatic rings. The largest absolute Gasteiger partial charge is 0.452 e. The van der Waals surface area contributed by atoms with Crippen LogP contribution in [0.5, 0.6) is 0 Å². The van der Waals surface area contributed by atoms with Crippen LogP contribution in [0.1, 0.15) is 16.2 Å². The van der Waals surface area contributed by atoms with Crippen molar-refractivity contribution in [2.24, 2.45) is 0 Å². The van der Waals surface area contributed by atoms with Gasteiger partial charge in [0, 0.05) is 10.6 Å². The fourth-order valence-electron chi connectivity index (χ4n) is 1.89. The number of carbonyl (C=O) groups excluding carboxylic acids is 1. The number of aromatic nitrogens is 2. The van der Waals surface area contributed by atoms with Crippen LogP contribution in [0.15, 0.2) is 47.0 Å². The number of esters is 1. The average molecular weight is 351 g/mol. The molecule has 0 aliphatic heterocycles. The molecule has 1 heterocycles. The fourth-order valence-corrected chi connectivity index (χ4v) is 2.08. The summed E-state index contributed by atoms with van der Waals surface area (Å²) in [6, 6.07) is 9.55. The second kappa shape index (κ2) is 6.76. The predicted molar refractivity (Wildman–Crippen MR) is 80.2 cm³/mol. The molecule has 0 N–H and O–H groups in total. The van der Waals surface area contributed by atoms with Crippen LogP contribution in [0.4, 0.5) is 8.78 Å². The Bertz CT molecular complexity index is 899. The third-order valence-corrected chi connectivity index (χ3v) is 3.27. The Morgan fingerprint density at radius 1 is 1.17 bits per heavy atom. The number of rotatable bonds is 4. The van der Waals surface area contributed by atoms with Gasteiger partial charge in [0.05, 0.1) is 5.56 Å². The first-order valence-corrected chi connectivity index (χ1v) is 7.11. The van der Waals surface area contributed by atoms with Crippen LogP contribution in [0, 0.1) is 11.6 Å². The van der Waals surface area contributed by atoms with Gasteiger partial charge < -0.3 is 9.26 Å². The van der Waals surface area contributed by atoms with Gasteiger partial charge in [-0.1, -0.05) is 28.9 Å². The molecule has 0 unspecified atom stereocenters. The summed E-state index contributed by atoms with van der Waals surface area (Å²) in [5.41, 5.74) is 0.521.